The maximum atomic E-state index is 5.27. The lowest BCUT2D eigenvalue weighted by atomic mass is 9.91. The van der Waals surface area contributed by atoms with Crippen molar-refractivity contribution in [3.05, 3.63) is 182 Å². The Bertz CT molecular complexity index is 2910. The highest BCUT2D eigenvalue weighted by Gasteiger charge is 2.17. The summed E-state index contributed by atoms with van der Waals surface area (Å²) >= 11 is 1.86. The Labute approximate surface area is 300 Å². The number of hydrogen-bond donors (Lipinski definition) is 0. The van der Waals surface area contributed by atoms with Crippen LogP contribution in [-0.4, -0.2) is 9.97 Å². The number of aromatic nitrogens is 2. The zero-order valence-electron chi connectivity index (χ0n) is 27.6. The van der Waals surface area contributed by atoms with Crippen molar-refractivity contribution in [2.75, 3.05) is 0 Å². The highest BCUT2D eigenvalue weighted by atomic mass is 32.1. The average molecular weight is 667 g/mol. The Morgan fingerprint density at radius 2 is 0.922 bits per heavy atom. The summed E-state index contributed by atoms with van der Waals surface area (Å²) < 4.78 is 2.65. The molecule has 0 aliphatic carbocycles. The van der Waals surface area contributed by atoms with E-state index >= 15 is 0 Å². The Kier molecular flexibility index (Phi) is 7.04. The third-order valence-electron chi connectivity index (χ3n) is 9.87. The normalized spacial score (nSPS) is 11.5. The third kappa shape index (κ3) is 5.27. The Balaban J connectivity index is 1.12. The van der Waals surface area contributed by atoms with Crippen molar-refractivity contribution in [1.29, 1.82) is 0 Å². The topological polar surface area (TPSA) is 25.8 Å². The van der Waals surface area contributed by atoms with Gasteiger partial charge >= 0.3 is 0 Å². The molecule has 2 nitrogen and oxygen atoms in total. The van der Waals surface area contributed by atoms with Gasteiger partial charge in [-0.15, -0.1) is 11.3 Å². The highest BCUT2D eigenvalue weighted by Crippen LogP contribution is 2.40. The number of thiophene rings is 1. The number of rotatable bonds is 5. The van der Waals surface area contributed by atoms with E-state index in [0.29, 0.717) is 5.82 Å². The van der Waals surface area contributed by atoms with Crippen molar-refractivity contribution in [2.24, 2.45) is 0 Å². The molecule has 2 aromatic heterocycles. The van der Waals surface area contributed by atoms with E-state index in [-0.39, 0.29) is 0 Å². The standard InChI is InChI=1S/C48H30N2S/c1-3-11-31(12-4-1)40-25-23-32-13-7-8-16-39(32)47(40)44-30-43(49-48(50-44)33-14-5-2-6-15-33)38-22-21-34-27-35(19-20-36(34)28-38)37-24-26-46-42(29-37)41-17-9-10-18-45(41)51-46/h1-30H. The van der Waals surface area contributed by atoms with Crippen LogP contribution in [0.15, 0.2) is 182 Å². The fourth-order valence-electron chi connectivity index (χ4n) is 7.34. The fourth-order valence-corrected chi connectivity index (χ4v) is 8.42. The lowest BCUT2D eigenvalue weighted by Crippen LogP contribution is -1.98. The fraction of sp³-hybridized carbons (Fsp3) is 0. The summed E-state index contributed by atoms with van der Waals surface area (Å²) in [6.45, 7) is 0. The molecule has 0 bridgehead atoms. The molecule has 51 heavy (non-hydrogen) atoms. The highest BCUT2D eigenvalue weighted by molar-refractivity contribution is 7.25. The summed E-state index contributed by atoms with van der Waals surface area (Å²) in [5.41, 5.74) is 9.72. The van der Waals surface area contributed by atoms with Gasteiger partial charge in [-0.2, -0.15) is 0 Å². The first kappa shape index (κ1) is 29.5. The van der Waals surface area contributed by atoms with Crippen molar-refractivity contribution < 1.29 is 0 Å². The van der Waals surface area contributed by atoms with Crippen LogP contribution in [0.2, 0.25) is 0 Å². The average Bonchev–Trinajstić information content (AvgIpc) is 3.58. The monoisotopic (exact) mass is 666 g/mol. The minimum Gasteiger partial charge on any atom is -0.228 e. The molecule has 0 fully saturated rings. The number of nitrogens with zero attached hydrogens (tertiary/aromatic N) is 2. The maximum Gasteiger partial charge on any atom is 0.160 e. The van der Waals surface area contributed by atoms with E-state index in [1.54, 1.807) is 0 Å². The van der Waals surface area contributed by atoms with Gasteiger partial charge in [0, 0.05) is 36.9 Å². The Morgan fingerprint density at radius 1 is 0.333 bits per heavy atom. The predicted octanol–water partition coefficient (Wildman–Crippen LogP) is 13.5. The summed E-state index contributed by atoms with van der Waals surface area (Å²) in [6, 6.07) is 65.1. The van der Waals surface area contributed by atoms with Gasteiger partial charge < -0.3 is 0 Å². The molecule has 0 radical (unpaired) electrons. The SMILES string of the molecule is c1ccc(-c2nc(-c3ccc4cc(-c5ccc6sc7ccccc7c6c5)ccc4c3)cc(-c3c(-c4ccccc4)ccc4ccccc34)n2)cc1. The van der Waals surface area contributed by atoms with E-state index in [1.165, 1.54) is 52.8 Å². The molecule has 0 saturated heterocycles. The molecule has 2 heterocycles. The first-order valence-corrected chi connectivity index (χ1v) is 18.0. The minimum atomic E-state index is 0.710. The second-order valence-corrected chi connectivity index (χ2v) is 14.1. The van der Waals surface area contributed by atoms with Gasteiger partial charge in [-0.3, -0.25) is 0 Å². The smallest absolute Gasteiger partial charge is 0.160 e. The molecule has 10 rings (SSSR count). The molecular formula is C48H30N2S. The van der Waals surface area contributed by atoms with E-state index in [0.717, 1.165) is 39.2 Å². The van der Waals surface area contributed by atoms with Crippen molar-refractivity contribution in [3.8, 4) is 56.2 Å². The minimum absolute atomic E-state index is 0.710. The van der Waals surface area contributed by atoms with E-state index in [1.807, 2.05) is 29.5 Å². The molecule has 3 heteroatoms. The van der Waals surface area contributed by atoms with Gasteiger partial charge in [-0.1, -0.05) is 146 Å². The first-order chi connectivity index (χ1) is 25.2. The third-order valence-corrected chi connectivity index (χ3v) is 11.0. The molecule has 8 aromatic carbocycles. The maximum absolute atomic E-state index is 5.27. The van der Waals surface area contributed by atoms with Gasteiger partial charge in [-0.05, 0) is 80.2 Å². The van der Waals surface area contributed by atoms with Crippen LogP contribution in [-0.2, 0) is 0 Å². The summed E-state index contributed by atoms with van der Waals surface area (Å²) in [6.07, 6.45) is 0. The molecule has 10 aromatic rings. The molecule has 0 saturated carbocycles. The molecule has 0 spiro atoms. The Hall–Kier alpha value is -6.42. The summed E-state index contributed by atoms with van der Waals surface area (Å²) in [4.78, 5) is 10.5. The summed E-state index contributed by atoms with van der Waals surface area (Å²) in [5, 5.41) is 7.37. The van der Waals surface area contributed by atoms with Crippen molar-refractivity contribution >= 4 is 53.1 Å². The lowest BCUT2D eigenvalue weighted by Gasteiger charge is -2.16. The van der Waals surface area contributed by atoms with Crippen LogP contribution in [0.1, 0.15) is 0 Å². The van der Waals surface area contributed by atoms with E-state index in [9.17, 15) is 0 Å². The molecule has 238 valence electrons. The first-order valence-electron chi connectivity index (χ1n) is 17.2. The molecule has 0 aliphatic heterocycles. The van der Waals surface area contributed by atoms with Gasteiger partial charge in [0.05, 0.1) is 11.4 Å². The molecule has 0 amide bonds. The quantitative estimate of drug-likeness (QED) is 0.183. The van der Waals surface area contributed by atoms with Crippen LogP contribution in [0, 0.1) is 0 Å². The zero-order chi connectivity index (χ0) is 33.7. The van der Waals surface area contributed by atoms with Crippen LogP contribution >= 0.6 is 11.3 Å². The number of benzene rings is 8. The van der Waals surface area contributed by atoms with Gasteiger partial charge in [-0.25, -0.2) is 9.97 Å². The van der Waals surface area contributed by atoms with Gasteiger partial charge in [0.25, 0.3) is 0 Å². The van der Waals surface area contributed by atoms with E-state index in [2.05, 4.69) is 164 Å². The van der Waals surface area contributed by atoms with Gasteiger partial charge in [0.1, 0.15) is 0 Å². The summed E-state index contributed by atoms with van der Waals surface area (Å²) in [7, 11) is 0. The van der Waals surface area contributed by atoms with Crippen molar-refractivity contribution in [3.63, 3.8) is 0 Å². The number of fused-ring (bicyclic) bond motifs is 5. The molecular weight excluding hydrogens is 637 g/mol. The van der Waals surface area contributed by atoms with Crippen LogP contribution in [0.25, 0.3) is 97.9 Å². The zero-order valence-corrected chi connectivity index (χ0v) is 28.4. The van der Waals surface area contributed by atoms with Gasteiger partial charge in [0.15, 0.2) is 5.82 Å². The Morgan fingerprint density at radius 3 is 1.75 bits per heavy atom. The van der Waals surface area contributed by atoms with Crippen molar-refractivity contribution in [2.45, 2.75) is 0 Å². The molecule has 0 atom stereocenters. The van der Waals surface area contributed by atoms with Crippen LogP contribution < -0.4 is 0 Å². The predicted molar refractivity (Wildman–Crippen MR) is 217 cm³/mol. The van der Waals surface area contributed by atoms with Crippen molar-refractivity contribution in [1.82, 2.24) is 9.97 Å². The second-order valence-electron chi connectivity index (χ2n) is 13.0. The van der Waals surface area contributed by atoms with E-state index in [4.69, 9.17) is 9.97 Å². The number of hydrogen-bond acceptors (Lipinski definition) is 3. The summed E-state index contributed by atoms with van der Waals surface area (Å²) in [5.74, 6) is 0.710. The largest absolute Gasteiger partial charge is 0.228 e. The molecule has 0 aliphatic rings. The van der Waals surface area contributed by atoms with Crippen LogP contribution in [0.3, 0.4) is 0 Å². The molecule has 0 unspecified atom stereocenters. The second kappa shape index (κ2) is 12.2. The molecule has 0 N–H and O–H groups in total. The van der Waals surface area contributed by atoms with Crippen LogP contribution in [0.4, 0.5) is 0 Å². The van der Waals surface area contributed by atoms with Gasteiger partial charge in [0.2, 0.25) is 0 Å². The van der Waals surface area contributed by atoms with Crippen LogP contribution in [0.5, 0.6) is 0 Å². The lowest BCUT2D eigenvalue weighted by molar-refractivity contribution is 1.19. The van der Waals surface area contributed by atoms with E-state index < -0.39 is 0 Å².